The van der Waals surface area contributed by atoms with E-state index in [1.54, 1.807) is 6.20 Å². The van der Waals surface area contributed by atoms with E-state index in [2.05, 4.69) is 20.9 Å². The molecule has 1 aliphatic rings. The second-order valence-corrected chi connectivity index (χ2v) is 4.54. The lowest BCUT2D eigenvalue weighted by atomic mass is 9.93. The Morgan fingerprint density at radius 2 is 2.14 bits per heavy atom. The average molecular weight is 277 g/mol. The van der Waals surface area contributed by atoms with Gasteiger partial charge in [-0.15, -0.1) is 0 Å². The average Bonchev–Trinajstić information content (AvgIpc) is 2.23. The van der Waals surface area contributed by atoms with Crippen LogP contribution in [0.2, 0.25) is 5.15 Å². The first kappa shape index (κ1) is 10.4. The van der Waals surface area contributed by atoms with Gasteiger partial charge in [-0.2, -0.15) is 0 Å². The van der Waals surface area contributed by atoms with Gasteiger partial charge in [-0.3, -0.25) is 0 Å². The zero-order chi connectivity index (χ0) is 9.97. The molecule has 2 heterocycles. The first-order valence-corrected chi connectivity index (χ1v) is 5.84. The van der Waals surface area contributed by atoms with Gasteiger partial charge in [-0.05, 0) is 46.3 Å². The number of pyridine rings is 1. The summed E-state index contributed by atoms with van der Waals surface area (Å²) in [4.78, 5) is 4.02. The Morgan fingerprint density at radius 3 is 2.86 bits per heavy atom. The summed E-state index contributed by atoms with van der Waals surface area (Å²) in [6, 6.07) is 2.03. The molecule has 0 amide bonds. The van der Waals surface area contributed by atoms with Crippen LogP contribution < -0.4 is 0 Å². The fraction of sp³-hybridized carbons (Fsp3) is 0.500. The summed E-state index contributed by atoms with van der Waals surface area (Å²) < 4.78 is 6.27. The summed E-state index contributed by atoms with van der Waals surface area (Å²) in [6.07, 6.45) is 3.90. The van der Waals surface area contributed by atoms with Gasteiger partial charge >= 0.3 is 0 Å². The van der Waals surface area contributed by atoms with E-state index in [4.69, 9.17) is 16.3 Å². The fourth-order valence-electron chi connectivity index (χ4n) is 1.76. The number of rotatable bonds is 1. The van der Waals surface area contributed by atoms with Crippen molar-refractivity contribution in [3.8, 4) is 0 Å². The van der Waals surface area contributed by atoms with Crippen LogP contribution >= 0.6 is 27.5 Å². The third-order valence-electron chi connectivity index (χ3n) is 2.54. The first-order chi connectivity index (χ1) is 6.79. The molecular weight excluding hydrogens is 265 g/mol. The van der Waals surface area contributed by atoms with Gasteiger partial charge in [0.25, 0.3) is 0 Å². The maximum Gasteiger partial charge on any atom is 0.143 e. The summed E-state index contributed by atoms with van der Waals surface area (Å²) >= 11 is 9.42. The van der Waals surface area contributed by atoms with Crippen LogP contribution in [0, 0.1) is 0 Å². The van der Waals surface area contributed by atoms with Crippen LogP contribution in [0.3, 0.4) is 0 Å². The van der Waals surface area contributed by atoms with Gasteiger partial charge in [-0.25, -0.2) is 4.98 Å². The van der Waals surface area contributed by atoms with E-state index >= 15 is 0 Å². The van der Waals surface area contributed by atoms with Crippen LogP contribution in [0.5, 0.6) is 0 Å². The summed E-state index contributed by atoms with van der Waals surface area (Å²) in [6.45, 7) is 1.69. The predicted octanol–water partition coefficient (Wildman–Crippen LogP) is 3.39. The van der Waals surface area contributed by atoms with Crippen LogP contribution in [0.4, 0.5) is 0 Å². The lowest BCUT2D eigenvalue weighted by Gasteiger charge is -2.23. The minimum Gasteiger partial charge on any atom is -0.381 e. The molecule has 0 atom stereocenters. The van der Waals surface area contributed by atoms with E-state index in [0.717, 1.165) is 30.5 Å². The molecule has 0 aliphatic carbocycles. The summed E-state index contributed by atoms with van der Waals surface area (Å²) in [5.41, 5.74) is 1.26. The molecule has 2 rings (SSSR count). The molecule has 0 bridgehead atoms. The molecule has 1 aliphatic heterocycles. The molecule has 76 valence electrons. The highest BCUT2D eigenvalue weighted by molar-refractivity contribution is 9.10. The highest BCUT2D eigenvalue weighted by Crippen LogP contribution is 2.34. The second kappa shape index (κ2) is 4.60. The second-order valence-electron chi connectivity index (χ2n) is 3.39. The van der Waals surface area contributed by atoms with Crippen LogP contribution in [0.15, 0.2) is 16.7 Å². The minimum absolute atomic E-state index is 0.550. The lowest BCUT2D eigenvalue weighted by Crippen LogP contribution is -2.14. The number of nitrogens with zero attached hydrogens (tertiary/aromatic N) is 1. The number of hydrogen-bond acceptors (Lipinski definition) is 2. The van der Waals surface area contributed by atoms with Gasteiger partial charge in [0.15, 0.2) is 0 Å². The van der Waals surface area contributed by atoms with Crippen LogP contribution in [-0.4, -0.2) is 18.2 Å². The predicted molar refractivity (Wildman–Crippen MR) is 59.7 cm³/mol. The molecule has 1 saturated heterocycles. The van der Waals surface area contributed by atoms with E-state index < -0.39 is 0 Å². The number of aromatic nitrogens is 1. The standard InChI is InChI=1S/C10H11BrClNO/c11-9-8(1-4-13-10(9)12)7-2-5-14-6-3-7/h1,4,7H,2-3,5-6H2. The number of hydrogen-bond donors (Lipinski definition) is 0. The van der Waals surface area contributed by atoms with Crippen molar-refractivity contribution in [2.24, 2.45) is 0 Å². The van der Waals surface area contributed by atoms with E-state index in [9.17, 15) is 0 Å². The van der Waals surface area contributed by atoms with Crippen molar-refractivity contribution in [3.05, 3.63) is 27.5 Å². The third kappa shape index (κ3) is 2.10. The Morgan fingerprint density at radius 1 is 1.43 bits per heavy atom. The molecule has 4 heteroatoms. The van der Waals surface area contributed by atoms with E-state index in [0.29, 0.717) is 11.1 Å². The van der Waals surface area contributed by atoms with Crippen molar-refractivity contribution in [3.63, 3.8) is 0 Å². The van der Waals surface area contributed by atoms with E-state index in [1.807, 2.05) is 6.07 Å². The van der Waals surface area contributed by atoms with Gasteiger partial charge in [-0.1, -0.05) is 11.6 Å². The minimum atomic E-state index is 0.550. The topological polar surface area (TPSA) is 22.1 Å². The monoisotopic (exact) mass is 275 g/mol. The van der Waals surface area contributed by atoms with Crippen molar-refractivity contribution < 1.29 is 4.74 Å². The van der Waals surface area contributed by atoms with Crippen molar-refractivity contribution in [1.29, 1.82) is 0 Å². The Labute approximate surface area is 96.8 Å². The summed E-state index contributed by atoms with van der Waals surface area (Å²) in [5, 5.41) is 0.550. The van der Waals surface area contributed by atoms with Gasteiger partial charge in [0.05, 0.1) is 4.47 Å². The highest BCUT2D eigenvalue weighted by Gasteiger charge is 2.19. The van der Waals surface area contributed by atoms with Gasteiger partial charge in [0.1, 0.15) is 5.15 Å². The van der Waals surface area contributed by atoms with Gasteiger partial charge in [0, 0.05) is 19.4 Å². The molecule has 1 aromatic heterocycles. The molecule has 2 nitrogen and oxygen atoms in total. The number of ether oxygens (including phenoxy) is 1. The molecule has 1 fully saturated rings. The Kier molecular flexibility index (Phi) is 3.42. The zero-order valence-corrected chi connectivity index (χ0v) is 10.0. The maximum absolute atomic E-state index is 5.94. The third-order valence-corrected chi connectivity index (χ3v) is 3.89. The Bertz CT molecular complexity index is 326. The van der Waals surface area contributed by atoms with Crippen LogP contribution in [0.1, 0.15) is 24.3 Å². The molecule has 0 unspecified atom stereocenters. The van der Waals surface area contributed by atoms with Crippen LogP contribution in [0.25, 0.3) is 0 Å². The van der Waals surface area contributed by atoms with Crippen LogP contribution in [-0.2, 0) is 4.74 Å². The maximum atomic E-state index is 5.94. The molecular formula is C10H11BrClNO. The first-order valence-electron chi connectivity index (χ1n) is 4.66. The molecule has 0 aromatic carbocycles. The largest absolute Gasteiger partial charge is 0.381 e. The lowest BCUT2D eigenvalue weighted by molar-refractivity contribution is 0.0852. The molecule has 1 aromatic rings. The van der Waals surface area contributed by atoms with E-state index in [-0.39, 0.29) is 0 Å². The fourth-order valence-corrected chi connectivity index (χ4v) is 2.48. The Balaban J connectivity index is 2.26. The van der Waals surface area contributed by atoms with Crippen molar-refractivity contribution >= 4 is 27.5 Å². The number of halogens is 2. The normalized spacial score (nSPS) is 18.4. The SMILES string of the molecule is Clc1nccc(C2CCOCC2)c1Br. The van der Waals surface area contributed by atoms with Crippen molar-refractivity contribution in [1.82, 2.24) is 4.98 Å². The molecule has 0 radical (unpaired) electrons. The van der Waals surface area contributed by atoms with Gasteiger partial charge < -0.3 is 4.74 Å². The molecule has 0 N–H and O–H groups in total. The Hall–Kier alpha value is -0.120. The zero-order valence-electron chi connectivity index (χ0n) is 7.67. The van der Waals surface area contributed by atoms with Gasteiger partial charge in [0.2, 0.25) is 0 Å². The molecule has 14 heavy (non-hydrogen) atoms. The molecule has 0 saturated carbocycles. The smallest absolute Gasteiger partial charge is 0.143 e. The summed E-state index contributed by atoms with van der Waals surface area (Å²) in [5.74, 6) is 0.554. The van der Waals surface area contributed by atoms with Crippen molar-refractivity contribution in [2.75, 3.05) is 13.2 Å². The molecule has 0 spiro atoms. The van der Waals surface area contributed by atoms with E-state index in [1.165, 1.54) is 5.56 Å². The van der Waals surface area contributed by atoms with Crippen molar-refractivity contribution in [2.45, 2.75) is 18.8 Å². The summed E-state index contributed by atoms with van der Waals surface area (Å²) in [7, 11) is 0. The highest BCUT2D eigenvalue weighted by atomic mass is 79.9. The quantitative estimate of drug-likeness (QED) is 0.734.